The summed E-state index contributed by atoms with van der Waals surface area (Å²) in [6, 6.07) is 6.84. The highest BCUT2D eigenvalue weighted by atomic mass is 35.5. The number of hydrogen-bond donors (Lipinski definition) is 3. The zero-order chi connectivity index (χ0) is 24.6. The first-order valence-electron chi connectivity index (χ1n) is 9.79. The SMILES string of the molecule is N#Cc1ccc(Cl)cc1S[C@H]1OC(CO)[C@H](O)C(n2cc(-c3cc(F)c(F)c(F)c3)nn2)[C@@H]1O. The molecule has 0 bridgehead atoms. The van der Waals surface area contributed by atoms with Gasteiger partial charge >= 0.3 is 0 Å². The molecule has 34 heavy (non-hydrogen) atoms. The van der Waals surface area contributed by atoms with E-state index in [-0.39, 0.29) is 16.8 Å². The molecule has 0 radical (unpaired) electrons. The highest BCUT2D eigenvalue weighted by Gasteiger charge is 2.46. The van der Waals surface area contributed by atoms with E-state index in [4.69, 9.17) is 16.3 Å². The van der Waals surface area contributed by atoms with Gasteiger partial charge in [0.2, 0.25) is 0 Å². The van der Waals surface area contributed by atoms with Gasteiger partial charge in [-0.15, -0.1) is 5.10 Å². The monoisotopic (exact) mass is 512 g/mol. The summed E-state index contributed by atoms with van der Waals surface area (Å²) in [7, 11) is 0. The molecule has 178 valence electrons. The third-order valence-corrected chi connectivity index (χ3v) is 6.70. The standard InChI is InChI=1S/C21H16ClF3N4O4S/c22-11-2-1-9(6-26)16(5-11)34-21-20(32)18(19(31)15(8-30)33-21)29-7-14(27-28-29)10-3-12(23)17(25)13(24)4-10/h1-5,7,15,18-21,30-32H,8H2/t15?,18?,19-,20-,21+/m0/s1. The number of benzene rings is 2. The van der Waals surface area contributed by atoms with E-state index in [2.05, 4.69) is 10.3 Å². The van der Waals surface area contributed by atoms with Gasteiger partial charge in [-0.2, -0.15) is 5.26 Å². The minimum absolute atomic E-state index is 0.0462. The van der Waals surface area contributed by atoms with Gasteiger partial charge < -0.3 is 20.1 Å². The van der Waals surface area contributed by atoms with Crippen LogP contribution in [0.5, 0.6) is 0 Å². The van der Waals surface area contributed by atoms with Crippen molar-refractivity contribution in [3.63, 3.8) is 0 Å². The lowest BCUT2D eigenvalue weighted by atomic mass is 9.97. The van der Waals surface area contributed by atoms with Crippen molar-refractivity contribution in [3.8, 4) is 17.3 Å². The number of thioether (sulfide) groups is 1. The molecular formula is C21H16ClF3N4O4S. The van der Waals surface area contributed by atoms with Gasteiger partial charge in [0.25, 0.3) is 0 Å². The van der Waals surface area contributed by atoms with Gasteiger partial charge in [0.05, 0.1) is 18.4 Å². The molecule has 5 atom stereocenters. The summed E-state index contributed by atoms with van der Waals surface area (Å²) in [5, 5.41) is 48.8. The molecule has 3 aromatic rings. The molecule has 13 heteroatoms. The second kappa shape index (κ2) is 9.91. The summed E-state index contributed by atoms with van der Waals surface area (Å²) >= 11 is 6.98. The average Bonchev–Trinajstić information content (AvgIpc) is 3.29. The molecular weight excluding hydrogens is 497 g/mol. The summed E-state index contributed by atoms with van der Waals surface area (Å²) < 4.78 is 47.3. The van der Waals surface area contributed by atoms with Crippen molar-refractivity contribution >= 4 is 23.4 Å². The minimum atomic E-state index is -1.63. The van der Waals surface area contributed by atoms with E-state index in [9.17, 15) is 33.8 Å². The number of hydrogen-bond acceptors (Lipinski definition) is 8. The molecule has 0 aliphatic carbocycles. The lowest BCUT2D eigenvalue weighted by Crippen LogP contribution is -2.55. The van der Waals surface area contributed by atoms with Crippen LogP contribution in [0.25, 0.3) is 11.3 Å². The number of aromatic nitrogens is 3. The summed E-state index contributed by atoms with van der Waals surface area (Å²) in [5.74, 6) is -4.46. The highest BCUT2D eigenvalue weighted by Crippen LogP contribution is 2.40. The molecule has 1 aliphatic heterocycles. The lowest BCUT2D eigenvalue weighted by Gasteiger charge is -2.41. The molecule has 3 N–H and O–H groups in total. The zero-order valence-corrected chi connectivity index (χ0v) is 18.6. The Bertz CT molecular complexity index is 1230. The molecule has 1 aliphatic rings. The van der Waals surface area contributed by atoms with E-state index < -0.39 is 53.8 Å². The molecule has 1 fully saturated rings. The van der Waals surface area contributed by atoms with Crippen molar-refractivity contribution in [3.05, 3.63) is 64.6 Å². The zero-order valence-electron chi connectivity index (χ0n) is 17.0. The summed E-state index contributed by atoms with van der Waals surface area (Å²) in [4.78, 5) is 0.405. The highest BCUT2D eigenvalue weighted by molar-refractivity contribution is 7.99. The number of nitriles is 1. The average molecular weight is 513 g/mol. The predicted octanol–water partition coefficient (Wildman–Crippen LogP) is 2.66. The van der Waals surface area contributed by atoms with Crippen LogP contribution in [0.1, 0.15) is 11.6 Å². The van der Waals surface area contributed by atoms with E-state index in [0.717, 1.165) is 28.6 Å². The Morgan fingerprint density at radius 2 is 1.85 bits per heavy atom. The summed E-state index contributed by atoms with van der Waals surface area (Å²) in [5.41, 5.74) is -0.947. The number of rotatable bonds is 5. The van der Waals surface area contributed by atoms with Gasteiger partial charge in [0.15, 0.2) is 17.5 Å². The van der Waals surface area contributed by atoms with Crippen LogP contribution in [0.4, 0.5) is 13.2 Å². The first-order valence-corrected chi connectivity index (χ1v) is 11.0. The number of halogens is 4. The Labute approximate surface area is 200 Å². The lowest BCUT2D eigenvalue weighted by molar-refractivity contribution is -0.178. The molecule has 2 unspecified atom stereocenters. The third kappa shape index (κ3) is 4.63. The van der Waals surface area contributed by atoms with Gasteiger partial charge in [0, 0.05) is 15.5 Å². The first-order chi connectivity index (χ1) is 16.2. The van der Waals surface area contributed by atoms with Gasteiger partial charge in [-0.1, -0.05) is 28.6 Å². The van der Waals surface area contributed by atoms with E-state index in [1.165, 1.54) is 24.4 Å². The molecule has 1 aromatic heterocycles. The van der Waals surface area contributed by atoms with Crippen LogP contribution in [0, 0.1) is 28.8 Å². The maximum Gasteiger partial charge on any atom is 0.194 e. The van der Waals surface area contributed by atoms with Crippen molar-refractivity contribution in [2.24, 2.45) is 0 Å². The minimum Gasteiger partial charge on any atom is -0.394 e. The van der Waals surface area contributed by atoms with Crippen molar-refractivity contribution in [1.82, 2.24) is 15.0 Å². The predicted molar refractivity (Wildman–Crippen MR) is 114 cm³/mol. The Hall–Kier alpha value is -2.66. The second-order valence-electron chi connectivity index (χ2n) is 7.41. The largest absolute Gasteiger partial charge is 0.394 e. The number of nitrogens with zero attached hydrogens (tertiary/aromatic N) is 4. The molecule has 1 saturated heterocycles. The topological polar surface area (TPSA) is 124 Å². The third-order valence-electron chi connectivity index (χ3n) is 5.25. The summed E-state index contributed by atoms with van der Waals surface area (Å²) in [6.07, 6.45) is -2.79. The van der Waals surface area contributed by atoms with Crippen LogP contribution in [0.2, 0.25) is 5.02 Å². The Morgan fingerprint density at radius 3 is 2.50 bits per heavy atom. The Balaban J connectivity index is 1.66. The van der Waals surface area contributed by atoms with Crippen molar-refractivity contribution in [1.29, 1.82) is 5.26 Å². The van der Waals surface area contributed by atoms with E-state index >= 15 is 0 Å². The molecule has 8 nitrogen and oxygen atoms in total. The quantitative estimate of drug-likeness (QED) is 0.446. The van der Waals surface area contributed by atoms with Crippen molar-refractivity contribution in [2.45, 2.75) is 34.7 Å². The van der Waals surface area contributed by atoms with Crippen molar-refractivity contribution in [2.75, 3.05) is 6.61 Å². The molecule has 0 spiro atoms. The van der Waals surface area contributed by atoms with Crippen molar-refractivity contribution < 1.29 is 33.2 Å². The van der Waals surface area contributed by atoms with Crippen LogP contribution < -0.4 is 0 Å². The van der Waals surface area contributed by atoms with Crippen LogP contribution in [0.3, 0.4) is 0 Å². The number of aliphatic hydroxyl groups excluding tert-OH is 3. The van der Waals surface area contributed by atoms with E-state index in [0.29, 0.717) is 9.92 Å². The fourth-order valence-electron chi connectivity index (χ4n) is 3.55. The van der Waals surface area contributed by atoms with E-state index in [1.54, 1.807) is 0 Å². The van der Waals surface area contributed by atoms with Gasteiger partial charge in [-0.3, -0.25) is 0 Å². The first kappa shape index (κ1) is 24.5. The molecule has 0 amide bonds. The number of ether oxygens (including phenoxy) is 1. The Morgan fingerprint density at radius 1 is 1.15 bits per heavy atom. The molecule has 2 heterocycles. The van der Waals surface area contributed by atoms with Crippen LogP contribution in [-0.2, 0) is 4.74 Å². The summed E-state index contributed by atoms with van der Waals surface area (Å²) in [6.45, 7) is -0.599. The normalized spacial score (nSPS) is 24.7. The molecule has 0 saturated carbocycles. The van der Waals surface area contributed by atoms with Crippen LogP contribution >= 0.6 is 23.4 Å². The van der Waals surface area contributed by atoms with Gasteiger partial charge in [0.1, 0.15) is 41.6 Å². The Kier molecular flexibility index (Phi) is 7.13. The fraction of sp³-hybridized carbons (Fsp3) is 0.286. The number of aliphatic hydroxyl groups is 3. The molecule has 4 rings (SSSR count). The van der Waals surface area contributed by atoms with E-state index in [1.807, 2.05) is 6.07 Å². The molecule has 2 aromatic carbocycles. The van der Waals surface area contributed by atoms with Crippen LogP contribution in [-0.4, -0.2) is 60.7 Å². The second-order valence-corrected chi connectivity index (χ2v) is 8.98. The smallest absolute Gasteiger partial charge is 0.194 e. The van der Waals surface area contributed by atoms with Gasteiger partial charge in [-0.25, -0.2) is 17.9 Å². The van der Waals surface area contributed by atoms with Crippen LogP contribution in [0.15, 0.2) is 41.4 Å². The maximum absolute atomic E-state index is 13.6. The maximum atomic E-state index is 13.6. The fourth-order valence-corrected chi connectivity index (χ4v) is 4.97. The van der Waals surface area contributed by atoms with Gasteiger partial charge in [-0.05, 0) is 30.3 Å².